The van der Waals surface area contributed by atoms with Gasteiger partial charge in [-0.05, 0) is 36.7 Å². The van der Waals surface area contributed by atoms with Gasteiger partial charge in [0.1, 0.15) is 0 Å². The smallest absolute Gasteiger partial charge is 0.165 e. The van der Waals surface area contributed by atoms with Gasteiger partial charge in [0.25, 0.3) is 0 Å². The second-order valence-corrected chi connectivity index (χ2v) is 5.73. The molecule has 1 aliphatic rings. The number of rotatable bonds is 6. The molecule has 0 radical (unpaired) electrons. The van der Waals surface area contributed by atoms with Crippen LogP contribution in [0.3, 0.4) is 0 Å². The maximum absolute atomic E-state index is 4.19. The van der Waals surface area contributed by atoms with Crippen LogP contribution in [-0.2, 0) is 13.1 Å². The molecule has 19 heavy (non-hydrogen) atoms. The van der Waals surface area contributed by atoms with Crippen molar-refractivity contribution < 1.29 is 0 Å². The summed E-state index contributed by atoms with van der Waals surface area (Å²) in [6, 6.07) is 0.707. The molecule has 1 aliphatic carbocycles. The molecule has 1 aromatic heterocycles. The predicted octanol–water partition coefficient (Wildman–Crippen LogP) is 2.63. The third kappa shape index (κ3) is 4.27. The molecule has 0 amide bonds. The van der Waals surface area contributed by atoms with Crippen LogP contribution in [0.2, 0.25) is 0 Å². The lowest BCUT2D eigenvalue weighted by Gasteiger charge is -2.26. The minimum absolute atomic E-state index is 0.707. The van der Waals surface area contributed by atoms with Crippen LogP contribution < -0.4 is 0 Å². The van der Waals surface area contributed by atoms with Crippen molar-refractivity contribution in [2.45, 2.75) is 77.4 Å². The van der Waals surface area contributed by atoms with Crippen molar-refractivity contribution in [2.75, 3.05) is 7.05 Å². The van der Waals surface area contributed by atoms with Crippen molar-refractivity contribution in [3.8, 4) is 0 Å². The molecule has 5 nitrogen and oxygen atoms in total. The number of hydrogen-bond donors (Lipinski definition) is 0. The van der Waals surface area contributed by atoms with Crippen molar-refractivity contribution in [1.82, 2.24) is 25.1 Å². The zero-order valence-electron chi connectivity index (χ0n) is 12.4. The molecule has 5 heteroatoms. The van der Waals surface area contributed by atoms with E-state index in [9.17, 15) is 0 Å². The average Bonchev–Trinajstić information content (AvgIpc) is 2.67. The highest BCUT2D eigenvalue weighted by Gasteiger charge is 2.19. The van der Waals surface area contributed by atoms with Crippen molar-refractivity contribution in [3.63, 3.8) is 0 Å². The van der Waals surface area contributed by atoms with Gasteiger partial charge in [-0.1, -0.05) is 39.0 Å². The Bertz CT molecular complexity index is 354. The SMILES string of the molecule is CCCCn1nnnc1CN(C)C1CCCCCC1. The van der Waals surface area contributed by atoms with E-state index in [1.54, 1.807) is 0 Å². The minimum Gasteiger partial charge on any atom is -0.296 e. The predicted molar refractivity (Wildman–Crippen MR) is 75.7 cm³/mol. The molecule has 0 spiro atoms. The molecule has 0 aromatic carbocycles. The third-order valence-electron chi connectivity index (χ3n) is 4.17. The van der Waals surface area contributed by atoms with Gasteiger partial charge < -0.3 is 0 Å². The first kappa shape index (κ1) is 14.4. The van der Waals surface area contributed by atoms with Crippen LogP contribution in [0.5, 0.6) is 0 Å². The zero-order chi connectivity index (χ0) is 13.5. The van der Waals surface area contributed by atoms with Gasteiger partial charge in [-0.2, -0.15) is 0 Å². The summed E-state index contributed by atoms with van der Waals surface area (Å²) in [4.78, 5) is 2.44. The largest absolute Gasteiger partial charge is 0.296 e. The van der Waals surface area contributed by atoms with Crippen LogP contribution in [0.4, 0.5) is 0 Å². The molecule has 2 rings (SSSR count). The Morgan fingerprint density at radius 2 is 1.95 bits per heavy atom. The standard InChI is InChI=1S/C14H27N5/c1-3-4-11-19-14(15-16-17-19)12-18(2)13-9-7-5-6-8-10-13/h13H,3-12H2,1-2H3. The van der Waals surface area contributed by atoms with E-state index < -0.39 is 0 Å². The van der Waals surface area contributed by atoms with Crippen LogP contribution in [-0.4, -0.2) is 38.2 Å². The van der Waals surface area contributed by atoms with E-state index in [4.69, 9.17) is 0 Å². The highest BCUT2D eigenvalue weighted by molar-refractivity contribution is 4.83. The van der Waals surface area contributed by atoms with Crippen molar-refractivity contribution in [2.24, 2.45) is 0 Å². The normalized spacial score (nSPS) is 17.8. The molecule has 1 heterocycles. The van der Waals surface area contributed by atoms with Gasteiger partial charge in [0.05, 0.1) is 6.54 Å². The summed E-state index contributed by atoms with van der Waals surface area (Å²) in [5, 5.41) is 12.1. The molecule has 0 aliphatic heterocycles. The van der Waals surface area contributed by atoms with Gasteiger partial charge in [-0.15, -0.1) is 5.10 Å². The molecular formula is C14H27N5. The Kier molecular flexibility index (Phi) is 5.76. The lowest BCUT2D eigenvalue weighted by Crippen LogP contribution is -2.32. The van der Waals surface area contributed by atoms with E-state index in [1.807, 2.05) is 4.68 Å². The molecule has 0 N–H and O–H groups in total. The van der Waals surface area contributed by atoms with E-state index in [0.717, 1.165) is 25.3 Å². The lowest BCUT2D eigenvalue weighted by molar-refractivity contribution is 0.204. The van der Waals surface area contributed by atoms with Crippen molar-refractivity contribution >= 4 is 0 Å². The monoisotopic (exact) mass is 265 g/mol. The first-order chi connectivity index (χ1) is 9.31. The first-order valence-corrected chi connectivity index (χ1v) is 7.76. The Hall–Kier alpha value is -0.970. The maximum atomic E-state index is 4.19. The Morgan fingerprint density at radius 1 is 1.21 bits per heavy atom. The van der Waals surface area contributed by atoms with Crippen LogP contribution in [0, 0.1) is 0 Å². The summed E-state index contributed by atoms with van der Waals surface area (Å²) in [6.07, 6.45) is 10.5. The van der Waals surface area contributed by atoms with Gasteiger partial charge in [-0.3, -0.25) is 4.90 Å². The summed E-state index contributed by atoms with van der Waals surface area (Å²) in [6.45, 7) is 4.01. The van der Waals surface area contributed by atoms with Gasteiger partial charge in [0.2, 0.25) is 0 Å². The number of aromatic nitrogens is 4. The summed E-state index contributed by atoms with van der Waals surface area (Å²) >= 11 is 0. The molecule has 1 saturated carbocycles. The van der Waals surface area contributed by atoms with Gasteiger partial charge in [0, 0.05) is 12.6 Å². The second-order valence-electron chi connectivity index (χ2n) is 5.73. The Labute approximate surface area is 116 Å². The van der Waals surface area contributed by atoms with Crippen LogP contribution in [0.1, 0.15) is 64.1 Å². The molecule has 0 bridgehead atoms. The lowest BCUT2D eigenvalue weighted by atomic mass is 10.1. The second kappa shape index (κ2) is 7.58. The molecular weight excluding hydrogens is 238 g/mol. The fourth-order valence-electron chi connectivity index (χ4n) is 2.87. The molecule has 108 valence electrons. The molecule has 0 saturated heterocycles. The quantitative estimate of drug-likeness (QED) is 0.742. The minimum atomic E-state index is 0.707. The summed E-state index contributed by atoms with van der Waals surface area (Å²) < 4.78 is 1.97. The first-order valence-electron chi connectivity index (χ1n) is 7.76. The highest BCUT2D eigenvalue weighted by Crippen LogP contribution is 2.21. The fraction of sp³-hybridized carbons (Fsp3) is 0.929. The van der Waals surface area contributed by atoms with E-state index in [0.29, 0.717) is 6.04 Å². The Balaban J connectivity index is 1.90. The number of aryl methyl sites for hydroxylation is 1. The maximum Gasteiger partial charge on any atom is 0.165 e. The molecule has 1 fully saturated rings. The summed E-state index contributed by atoms with van der Waals surface area (Å²) in [5.74, 6) is 1.01. The molecule has 0 atom stereocenters. The van der Waals surface area contributed by atoms with Crippen molar-refractivity contribution in [3.05, 3.63) is 5.82 Å². The van der Waals surface area contributed by atoms with Gasteiger partial charge in [0.15, 0.2) is 5.82 Å². The zero-order valence-corrected chi connectivity index (χ0v) is 12.4. The van der Waals surface area contributed by atoms with Gasteiger partial charge in [-0.25, -0.2) is 4.68 Å². The van der Waals surface area contributed by atoms with Crippen LogP contribution >= 0.6 is 0 Å². The number of tetrazole rings is 1. The number of nitrogens with zero attached hydrogens (tertiary/aromatic N) is 5. The number of hydrogen-bond acceptors (Lipinski definition) is 4. The number of unbranched alkanes of at least 4 members (excludes halogenated alkanes) is 1. The summed E-state index contributed by atoms with van der Waals surface area (Å²) in [5.41, 5.74) is 0. The fourth-order valence-corrected chi connectivity index (χ4v) is 2.87. The third-order valence-corrected chi connectivity index (χ3v) is 4.17. The average molecular weight is 265 g/mol. The Morgan fingerprint density at radius 3 is 2.63 bits per heavy atom. The van der Waals surface area contributed by atoms with Crippen LogP contribution in [0.25, 0.3) is 0 Å². The molecule has 0 unspecified atom stereocenters. The van der Waals surface area contributed by atoms with Crippen molar-refractivity contribution in [1.29, 1.82) is 0 Å². The van der Waals surface area contributed by atoms with E-state index in [-0.39, 0.29) is 0 Å². The van der Waals surface area contributed by atoms with Gasteiger partial charge >= 0.3 is 0 Å². The van der Waals surface area contributed by atoms with E-state index in [1.165, 1.54) is 44.9 Å². The summed E-state index contributed by atoms with van der Waals surface area (Å²) in [7, 11) is 2.22. The van der Waals surface area contributed by atoms with E-state index >= 15 is 0 Å². The van der Waals surface area contributed by atoms with Crippen LogP contribution in [0.15, 0.2) is 0 Å². The molecule has 1 aromatic rings. The van der Waals surface area contributed by atoms with E-state index in [2.05, 4.69) is 34.4 Å². The topological polar surface area (TPSA) is 46.8 Å². The highest BCUT2D eigenvalue weighted by atomic mass is 15.5.